The lowest BCUT2D eigenvalue weighted by Crippen LogP contribution is -1.83. The van der Waals surface area contributed by atoms with E-state index in [0.717, 1.165) is 21.3 Å². The summed E-state index contributed by atoms with van der Waals surface area (Å²) in [5, 5.41) is 17.7. The van der Waals surface area contributed by atoms with Crippen molar-refractivity contribution in [2.45, 2.75) is 6.92 Å². The van der Waals surface area contributed by atoms with Gasteiger partial charge in [-0.3, -0.25) is 5.10 Å². The molecule has 1 aromatic heterocycles. The van der Waals surface area contributed by atoms with E-state index in [2.05, 4.69) is 31.1 Å². The van der Waals surface area contributed by atoms with Gasteiger partial charge in [0.15, 0.2) is 5.82 Å². The fraction of sp³-hybridized carbons (Fsp3) is 0.0588. The maximum atomic E-state index is 9.88. The molecule has 2 aromatic carbocycles. The first-order valence-electron chi connectivity index (χ1n) is 6.88. The molecule has 2 N–H and O–H groups in total. The molecule has 0 atom stereocenters. The summed E-state index contributed by atoms with van der Waals surface area (Å²) in [6, 6.07) is 12.7. The van der Waals surface area contributed by atoms with Crippen LogP contribution in [0.1, 0.15) is 11.3 Å². The van der Waals surface area contributed by atoms with Gasteiger partial charge in [-0.05, 0) is 42.8 Å². The summed E-state index contributed by atoms with van der Waals surface area (Å²) < 4.78 is 0.868. The van der Waals surface area contributed by atoms with Gasteiger partial charge in [-0.2, -0.15) is 5.10 Å². The number of aliphatic imine (C=N–C) groups is 1. The standard InChI is InChI=1S/C17H13BrClN3O/c1-10-16(11-2-5-14(19)6-3-11)17(22-21-10)20-9-12-8-13(18)4-7-15(12)23/h2-9,23H,1H3,(H,21,22). The number of nitrogens with one attached hydrogen (secondary N) is 1. The van der Waals surface area contributed by atoms with Crippen LogP contribution in [0.4, 0.5) is 5.82 Å². The average molecular weight is 391 g/mol. The lowest BCUT2D eigenvalue weighted by molar-refractivity contribution is 0.474. The number of hydrogen-bond acceptors (Lipinski definition) is 3. The van der Waals surface area contributed by atoms with Gasteiger partial charge in [-0.1, -0.05) is 39.7 Å². The zero-order valence-electron chi connectivity index (χ0n) is 12.2. The van der Waals surface area contributed by atoms with Gasteiger partial charge in [0.1, 0.15) is 5.75 Å². The van der Waals surface area contributed by atoms with Crippen LogP contribution in [0.25, 0.3) is 11.1 Å². The Balaban J connectivity index is 2.00. The second kappa shape index (κ2) is 6.56. The lowest BCUT2D eigenvalue weighted by Gasteiger charge is -2.02. The second-order valence-corrected chi connectivity index (χ2v) is 6.37. The number of aromatic hydroxyl groups is 1. The molecule has 0 fully saturated rings. The Bertz CT molecular complexity index is 872. The molecule has 116 valence electrons. The fourth-order valence-electron chi connectivity index (χ4n) is 2.23. The molecule has 0 aliphatic carbocycles. The Morgan fingerprint density at radius 1 is 1.22 bits per heavy atom. The van der Waals surface area contributed by atoms with Crippen LogP contribution in [-0.4, -0.2) is 21.5 Å². The molecular formula is C17H13BrClN3O. The van der Waals surface area contributed by atoms with Gasteiger partial charge in [0.25, 0.3) is 0 Å². The van der Waals surface area contributed by atoms with E-state index in [-0.39, 0.29) is 5.75 Å². The third kappa shape index (κ3) is 3.46. The number of rotatable bonds is 3. The van der Waals surface area contributed by atoms with Gasteiger partial charge < -0.3 is 5.11 Å². The van der Waals surface area contributed by atoms with E-state index >= 15 is 0 Å². The Hall–Kier alpha value is -2.11. The van der Waals surface area contributed by atoms with E-state index in [4.69, 9.17) is 11.6 Å². The normalized spacial score (nSPS) is 11.3. The molecule has 3 aromatic rings. The van der Waals surface area contributed by atoms with E-state index in [1.54, 1.807) is 24.4 Å². The Morgan fingerprint density at radius 3 is 2.70 bits per heavy atom. The molecule has 6 heteroatoms. The van der Waals surface area contributed by atoms with Gasteiger partial charge in [0, 0.05) is 32.5 Å². The number of H-pyrrole nitrogens is 1. The number of phenolic OH excluding ortho intramolecular Hbond substituents is 1. The molecule has 0 saturated heterocycles. The van der Waals surface area contributed by atoms with Gasteiger partial charge in [-0.15, -0.1) is 0 Å². The van der Waals surface area contributed by atoms with Crippen molar-refractivity contribution >= 4 is 39.6 Å². The highest BCUT2D eigenvalue weighted by atomic mass is 79.9. The Kier molecular flexibility index (Phi) is 4.50. The van der Waals surface area contributed by atoms with Crippen molar-refractivity contribution in [3.8, 4) is 16.9 Å². The van der Waals surface area contributed by atoms with E-state index in [9.17, 15) is 5.11 Å². The van der Waals surface area contributed by atoms with Gasteiger partial charge in [0.05, 0.1) is 0 Å². The van der Waals surface area contributed by atoms with Crippen LogP contribution in [0.3, 0.4) is 0 Å². The zero-order chi connectivity index (χ0) is 16.4. The van der Waals surface area contributed by atoms with E-state index < -0.39 is 0 Å². The highest BCUT2D eigenvalue weighted by molar-refractivity contribution is 9.10. The van der Waals surface area contributed by atoms with Crippen molar-refractivity contribution in [1.29, 1.82) is 0 Å². The molecule has 0 aliphatic heterocycles. The number of phenols is 1. The molecule has 0 radical (unpaired) electrons. The highest BCUT2D eigenvalue weighted by Crippen LogP contribution is 2.32. The molecule has 0 unspecified atom stereocenters. The fourth-order valence-corrected chi connectivity index (χ4v) is 2.74. The van der Waals surface area contributed by atoms with Crippen molar-refractivity contribution in [3.63, 3.8) is 0 Å². The van der Waals surface area contributed by atoms with E-state index in [0.29, 0.717) is 16.4 Å². The quantitative estimate of drug-likeness (QED) is 0.599. The molecule has 0 saturated carbocycles. The lowest BCUT2D eigenvalue weighted by atomic mass is 10.1. The smallest absolute Gasteiger partial charge is 0.181 e. The molecule has 0 aliphatic rings. The minimum atomic E-state index is 0.164. The summed E-state index contributed by atoms with van der Waals surface area (Å²) >= 11 is 9.32. The van der Waals surface area contributed by atoms with Crippen LogP contribution in [-0.2, 0) is 0 Å². The first-order valence-corrected chi connectivity index (χ1v) is 8.05. The first kappa shape index (κ1) is 15.8. The predicted octanol–water partition coefficient (Wildman–Crippen LogP) is 5.26. The van der Waals surface area contributed by atoms with Crippen LogP contribution >= 0.6 is 27.5 Å². The summed E-state index contributed by atoms with van der Waals surface area (Å²) in [5.74, 6) is 0.724. The Morgan fingerprint density at radius 2 is 1.96 bits per heavy atom. The van der Waals surface area contributed by atoms with Gasteiger partial charge >= 0.3 is 0 Å². The molecule has 0 bridgehead atoms. The summed E-state index contributed by atoms with van der Waals surface area (Å²) in [5.41, 5.74) is 3.42. The zero-order valence-corrected chi connectivity index (χ0v) is 14.6. The number of aromatic amines is 1. The topological polar surface area (TPSA) is 61.3 Å². The largest absolute Gasteiger partial charge is 0.507 e. The third-order valence-electron chi connectivity index (χ3n) is 3.38. The molecule has 4 nitrogen and oxygen atoms in total. The predicted molar refractivity (Wildman–Crippen MR) is 96.8 cm³/mol. The minimum absolute atomic E-state index is 0.164. The molecule has 0 amide bonds. The van der Waals surface area contributed by atoms with Crippen LogP contribution in [0.15, 0.2) is 51.9 Å². The number of benzene rings is 2. The number of hydrogen-bond donors (Lipinski definition) is 2. The summed E-state index contributed by atoms with van der Waals surface area (Å²) in [7, 11) is 0. The SMILES string of the molecule is Cc1[nH]nc(N=Cc2cc(Br)ccc2O)c1-c1ccc(Cl)cc1. The van der Waals surface area contributed by atoms with Crippen molar-refractivity contribution in [3.05, 3.63) is 63.2 Å². The second-order valence-electron chi connectivity index (χ2n) is 5.02. The molecular weight excluding hydrogens is 378 g/mol. The van der Waals surface area contributed by atoms with Gasteiger partial charge in [-0.25, -0.2) is 4.99 Å². The van der Waals surface area contributed by atoms with Crippen molar-refractivity contribution in [1.82, 2.24) is 10.2 Å². The Labute approximate surface area is 147 Å². The van der Waals surface area contributed by atoms with Crippen LogP contribution < -0.4 is 0 Å². The van der Waals surface area contributed by atoms with Crippen LogP contribution in [0, 0.1) is 6.92 Å². The van der Waals surface area contributed by atoms with Crippen LogP contribution in [0.5, 0.6) is 5.75 Å². The molecule has 1 heterocycles. The summed E-state index contributed by atoms with van der Waals surface area (Å²) in [6.45, 7) is 1.94. The van der Waals surface area contributed by atoms with Crippen molar-refractivity contribution < 1.29 is 5.11 Å². The van der Waals surface area contributed by atoms with Crippen molar-refractivity contribution in [2.24, 2.45) is 4.99 Å². The summed E-state index contributed by atoms with van der Waals surface area (Å²) in [4.78, 5) is 4.42. The van der Waals surface area contributed by atoms with Crippen LogP contribution in [0.2, 0.25) is 5.02 Å². The monoisotopic (exact) mass is 389 g/mol. The molecule has 0 spiro atoms. The maximum Gasteiger partial charge on any atom is 0.181 e. The molecule has 23 heavy (non-hydrogen) atoms. The number of halogens is 2. The van der Waals surface area contributed by atoms with E-state index in [1.165, 1.54) is 0 Å². The number of aryl methyl sites for hydroxylation is 1. The first-order chi connectivity index (χ1) is 11.0. The van der Waals surface area contributed by atoms with E-state index in [1.807, 2.05) is 31.2 Å². The minimum Gasteiger partial charge on any atom is -0.507 e. The number of nitrogens with zero attached hydrogens (tertiary/aromatic N) is 2. The highest BCUT2D eigenvalue weighted by Gasteiger charge is 2.11. The molecule has 3 rings (SSSR count). The third-order valence-corrected chi connectivity index (χ3v) is 4.12. The van der Waals surface area contributed by atoms with Gasteiger partial charge in [0.2, 0.25) is 0 Å². The number of aromatic nitrogens is 2. The maximum absolute atomic E-state index is 9.88. The summed E-state index contributed by atoms with van der Waals surface area (Å²) in [6.07, 6.45) is 1.59. The average Bonchev–Trinajstić information content (AvgIpc) is 2.90. The van der Waals surface area contributed by atoms with Crippen molar-refractivity contribution in [2.75, 3.05) is 0 Å².